The highest BCUT2D eigenvalue weighted by Crippen LogP contribution is 2.53. The molecule has 0 aliphatic heterocycles. The van der Waals surface area contributed by atoms with Crippen LogP contribution in [0.3, 0.4) is 0 Å². The van der Waals surface area contributed by atoms with E-state index in [1.807, 2.05) is 60.7 Å². The molecule has 9 nitrogen and oxygen atoms in total. The summed E-state index contributed by atoms with van der Waals surface area (Å²) in [7, 11) is 0. The molecule has 0 bridgehead atoms. The van der Waals surface area contributed by atoms with Crippen LogP contribution in [0.4, 0.5) is 0 Å². The van der Waals surface area contributed by atoms with Crippen molar-refractivity contribution in [3.63, 3.8) is 0 Å². The molecule has 346 valence electrons. The summed E-state index contributed by atoms with van der Waals surface area (Å²) in [5, 5.41) is 2.34. The fraction of sp³-hybridized carbons (Fsp3) is 0.0154. The summed E-state index contributed by atoms with van der Waals surface area (Å²) in [5.41, 5.74) is 20.6. The van der Waals surface area contributed by atoms with Gasteiger partial charge in [-0.15, -0.1) is 0 Å². The molecular formula is C65H41N9. The lowest BCUT2D eigenvalue weighted by Gasteiger charge is -2.20. The lowest BCUT2D eigenvalue weighted by atomic mass is 9.84. The second-order valence-electron chi connectivity index (χ2n) is 18.4. The highest BCUT2D eigenvalue weighted by Gasteiger charge is 2.33. The Hall–Kier alpha value is -10.1. The first-order chi connectivity index (χ1) is 36.7. The van der Waals surface area contributed by atoms with Crippen LogP contribution in [0, 0.1) is 0 Å². The van der Waals surface area contributed by atoms with E-state index in [0.29, 0.717) is 11.6 Å². The number of hydrogen-bond donors (Lipinski definition) is 0. The number of rotatable bonds is 9. The summed E-state index contributed by atoms with van der Waals surface area (Å²) >= 11 is 0. The second kappa shape index (κ2) is 17.9. The Labute approximate surface area is 426 Å². The van der Waals surface area contributed by atoms with Gasteiger partial charge in [0.2, 0.25) is 0 Å². The van der Waals surface area contributed by atoms with Crippen LogP contribution in [0.2, 0.25) is 0 Å². The van der Waals surface area contributed by atoms with Crippen molar-refractivity contribution in [1.82, 2.24) is 44.4 Å². The molecule has 1 unspecified atom stereocenters. The van der Waals surface area contributed by atoms with Crippen LogP contribution in [0.15, 0.2) is 244 Å². The number of aromatic nitrogens is 9. The van der Waals surface area contributed by atoms with E-state index < -0.39 is 0 Å². The second-order valence-corrected chi connectivity index (χ2v) is 18.4. The van der Waals surface area contributed by atoms with Crippen molar-refractivity contribution >= 4 is 21.8 Å². The zero-order valence-electron chi connectivity index (χ0n) is 39.7. The third-order valence-corrected chi connectivity index (χ3v) is 14.1. The maximum absolute atomic E-state index is 5.21. The summed E-state index contributed by atoms with van der Waals surface area (Å²) in [6.45, 7) is 0. The molecule has 13 aromatic rings. The molecule has 0 amide bonds. The molecule has 7 heterocycles. The quantitative estimate of drug-likeness (QED) is 0.141. The molecule has 14 rings (SSSR count). The average Bonchev–Trinajstić information content (AvgIpc) is 4.02. The van der Waals surface area contributed by atoms with E-state index in [0.717, 1.165) is 84.0 Å². The third-order valence-electron chi connectivity index (χ3n) is 14.1. The number of hydrogen-bond acceptors (Lipinski definition) is 8. The first-order valence-corrected chi connectivity index (χ1v) is 24.6. The molecule has 0 fully saturated rings. The molecule has 0 spiro atoms. The van der Waals surface area contributed by atoms with Gasteiger partial charge in [-0.1, -0.05) is 109 Å². The van der Waals surface area contributed by atoms with Gasteiger partial charge in [-0.2, -0.15) is 0 Å². The monoisotopic (exact) mass is 947 g/mol. The van der Waals surface area contributed by atoms with Crippen LogP contribution in [0.25, 0.3) is 118 Å². The van der Waals surface area contributed by atoms with E-state index in [1.54, 1.807) is 49.6 Å². The van der Waals surface area contributed by atoms with Gasteiger partial charge in [-0.25, -0.2) is 19.9 Å². The maximum Gasteiger partial charge on any atom is 0.160 e. The molecule has 0 N–H and O–H groups in total. The standard InChI is InChI=1S/C65H41N9/c1-2-15-51-49(13-1)52-16-7-17-53(62(52)61(51)45-9-5-10-46(37-45)64-70-56(41-21-29-66-30-22-41)39-57(71-64)42-23-31-67-32-24-42)55-19-8-18-54-50-14-3-4-20-60(50)74(63(54)55)48-12-6-11-47(38-48)65-72-58(43-25-33-68-34-26-43)40-59(73-65)44-27-35-69-36-28-44/h1-40,61H. The van der Waals surface area contributed by atoms with Gasteiger partial charge in [0.15, 0.2) is 11.6 Å². The Morgan fingerprint density at radius 1 is 0.324 bits per heavy atom. The van der Waals surface area contributed by atoms with Crippen molar-refractivity contribution in [2.75, 3.05) is 0 Å². The molecular weight excluding hydrogens is 907 g/mol. The number of fused-ring (bicyclic) bond motifs is 6. The molecule has 0 saturated heterocycles. The van der Waals surface area contributed by atoms with Crippen molar-refractivity contribution in [3.8, 4) is 95.7 Å². The van der Waals surface area contributed by atoms with Gasteiger partial charge in [0.25, 0.3) is 0 Å². The van der Waals surface area contributed by atoms with E-state index in [9.17, 15) is 0 Å². The van der Waals surface area contributed by atoms with Crippen molar-refractivity contribution in [2.45, 2.75) is 5.92 Å². The van der Waals surface area contributed by atoms with Crippen LogP contribution in [0.1, 0.15) is 22.6 Å². The number of pyridine rings is 4. The molecule has 1 aliphatic carbocycles. The van der Waals surface area contributed by atoms with Gasteiger partial charge in [-0.05, 0) is 118 Å². The molecule has 9 heteroatoms. The fourth-order valence-corrected chi connectivity index (χ4v) is 10.8. The van der Waals surface area contributed by atoms with Crippen LogP contribution in [-0.4, -0.2) is 44.4 Å². The molecule has 1 aliphatic rings. The van der Waals surface area contributed by atoms with Gasteiger partial charge in [-0.3, -0.25) is 19.9 Å². The van der Waals surface area contributed by atoms with E-state index in [-0.39, 0.29) is 5.92 Å². The molecule has 1 atom stereocenters. The SMILES string of the molecule is c1cc(-c2nc(-c3ccncc3)cc(-c3ccncc3)n2)cc(C2c3ccccc3-c3cccc(-c4cccc5c6ccccc6n(-c6cccc(-c7nc(-c8ccncc8)cc(-c8ccncc8)n7)c6)c45)c32)c1. The minimum absolute atomic E-state index is 0.0868. The molecule has 74 heavy (non-hydrogen) atoms. The first-order valence-electron chi connectivity index (χ1n) is 24.6. The Balaban J connectivity index is 0.943. The van der Waals surface area contributed by atoms with Gasteiger partial charge in [0, 0.05) is 111 Å². The van der Waals surface area contributed by atoms with Crippen LogP contribution in [0.5, 0.6) is 0 Å². The lowest BCUT2D eigenvalue weighted by molar-refractivity contribution is 1.02. The average molecular weight is 948 g/mol. The predicted molar refractivity (Wildman–Crippen MR) is 294 cm³/mol. The lowest BCUT2D eigenvalue weighted by Crippen LogP contribution is -2.03. The van der Waals surface area contributed by atoms with Crippen LogP contribution in [-0.2, 0) is 0 Å². The number of para-hydroxylation sites is 2. The fourth-order valence-electron chi connectivity index (χ4n) is 10.8. The van der Waals surface area contributed by atoms with E-state index in [2.05, 4.69) is 158 Å². The zero-order chi connectivity index (χ0) is 49.0. The molecule has 0 radical (unpaired) electrons. The maximum atomic E-state index is 5.21. The van der Waals surface area contributed by atoms with Crippen molar-refractivity contribution in [2.24, 2.45) is 0 Å². The van der Waals surface area contributed by atoms with Gasteiger partial charge >= 0.3 is 0 Å². The number of benzene rings is 6. The molecule has 6 aromatic carbocycles. The zero-order valence-corrected chi connectivity index (χ0v) is 39.7. The van der Waals surface area contributed by atoms with Gasteiger partial charge in [0.05, 0.1) is 33.8 Å². The first kappa shape index (κ1) is 42.7. The Bertz CT molecular complexity index is 4140. The summed E-state index contributed by atoms with van der Waals surface area (Å²) in [5.74, 6) is 1.18. The normalized spacial score (nSPS) is 12.7. The topological polar surface area (TPSA) is 108 Å². The van der Waals surface area contributed by atoms with Crippen molar-refractivity contribution < 1.29 is 0 Å². The van der Waals surface area contributed by atoms with E-state index in [1.165, 1.54) is 38.6 Å². The van der Waals surface area contributed by atoms with E-state index >= 15 is 0 Å². The summed E-state index contributed by atoms with van der Waals surface area (Å²) in [6, 6.07) is 68.5. The van der Waals surface area contributed by atoms with E-state index in [4.69, 9.17) is 19.9 Å². The Morgan fingerprint density at radius 3 is 1.36 bits per heavy atom. The Morgan fingerprint density at radius 2 is 0.770 bits per heavy atom. The number of nitrogens with zero attached hydrogens (tertiary/aromatic N) is 9. The largest absolute Gasteiger partial charge is 0.309 e. The minimum atomic E-state index is -0.0868. The van der Waals surface area contributed by atoms with Crippen molar-refractivity contribution in [3.05, 3.63) is 260 Å². The van der Waals surface area contributed by atoms with Gasteiger partial charge < -0.3 is 4.57 Å². The third kappa shape index (κ3) is 7.41. The smallest absolute Gasteiger partial charge is 0.160 e. The molecule has 7 aromatic heterocycles. The highest BCUT2D eigenvalue weighted by atomic mass is 15.0. The summed E-state index contributed by atoms with van der Waals surface area (Å²) in [4.78, 5) is 37.9. The van der Waals surface area contributed by atoms with Gasteiger partial charge in [0.1, 0.15) is 0 Å². The van der Waals surface area contributed by atoms with Crippen LogP contribution >= 0.6 is 0 Å². The minimum Gasteiger partial charge on any atom is -0.309 e. The van der Waals surface area contributed by atoms with Crippen LogP contribution < -0.4 is 0 Å². The molecule has 0 saturated carbocycles. The Kier molecular flexibility index (Phi) is 10.4. The highest BCUT2D eigenvalue weighted by molar-refractivity contribution is 6.14. The summed E-state index contributed by atoms with van der Waals surface area (Å²) < 4.78 is 2.42. The predicted octanol–water partition coefficient (Wildman–Crippen LogP) is 14.8. The van der Waals surface area contributed by atoms with Crippen molar-refractivity contribution in [1.29, 1.82) is 0 Å². The summed E-state index contributed by atoms with van der Waals surface area (Å²) in [6.07, 6.45) is 14.4.